The van der Waals surface area contributed by atoms with Crippen LogP contribution < -0.4 is 5.32 Å². The minimum Gasteiger partial charge on any atom is -0.356 e. The van der Waals surface area contributed by atoms with E-state index in [4.69, 9.17) is 0 Å². The third-order valence-electron chi connectivity index (χ3n) is 5.37. The lowest BCUT2D eigenvalue weighted by Crippen LogP contribution is -2.56. The van der Waals surface area contributed by atoms with Crippen molar-refractivity contribution in [2.45, 2.75) is 38.6 Å². The van der Waals surface area contributed by atoms with Crippen LogP contribution in [0.4, 0.5) is 0 Å². The first-order valence-electron chi connectivity index (χ1n) is 10.2. The molecular weight excluding hydrogens is 344 g/mol. The molecule has 2 rings (SSSR count). The Morgan fingerprint density at radius 3 is 2.33 bits per heavy atom. The van der Waals surface area contributed by atoms with Crippen LogP contribution >= 0.6 is 0 Å². The van der Waals surface area contributed by atoms with Crippen molar-refractivity contribution in [1.82, 2.24) is 24.9 Å². The molecule has 154 valence electrons. The van der Waals surface area contributed by atoms with Gasteiger partial charge in [0.1, 0.15) is 6.54 Å². The first kappa shape index (κ1) is 21.5. The average molecular weight is 381 g/mol. The lowest BCUT2D eigenvalue weighted by atomic mass is 10.1. The largest absolute Gasteiger partial charge is 0.356 e. The molecule has 0 aromatic heterocycles. The van der Waals surface area contributed by atoms with Gasteiger partial charge in [-0.15, -0.1) is 0 Å². The molecule has 0 spiro atoms. The van der Waals surface area contributed by atoms with Crippen LogP contribution in [0, 0.1) is 0 Å². The third-order valence-corrected chi connectivity index (χ3v) is 5.37. The van der Waals surface area contributed by atoms with Gasteiger partial charge in [0, 0.05) is 46.8 Å². The Labute approximate surface area is 163 Å². The molecule has 8 heteroatoms. The maximum Gasteiger partial charge on any atom is 0.243 e. The fraction of sp³-hybridized carbons (Fsp3) is 0.842. The zero-order valence-corrected chi connectivity index (χ0v) is 17.4. The van der Waals surface area contributed by atoms with E-state index in [-0.39, 0.29) is 24.4 Å². The highest BCUT2D eigenvalue weighted by Crippen LogP contribution is 2.18. The number of likely N-dealkylation sites (N-methyl/N-ethyl adjacent to an activating group) is 2. The molecule has 0 aromatic rings. The molecule has 0 aliphatic carbocycles. The molecule has 8 nitrogen and oxygen atoms in total. The maximum atomic E-state index is 12.8. The highest BCUT2D eigenvalue weighted by molar-refractivity contribution is 5.85. The van der Waals surface area contributed by atoms with Crippen LogP contribution in [0.2, 0.25) is 0 Å². The van der Waals surface area contributed by atoms with Gasteiger partial charge in [0.05, 0.1) is 6.04 Å². The maximum absolute atomic E-state index is 12.8. The van der Waals surface area contributed by atoms with Crippen LogP contribution in [0.3, 0.4) is 0 Å². The predicted octanol–water partition coefficient (Wildman–Crippen LogP) is 0.0587. The van der Waals surface area contributed by atoms with E-state index in [1.54, 1.807) is 19.0 Å². The van der Waals surface area contributed by atoms with E-state index in [0.717, 1.165) is 57.8 Å². The highest BCUT2D eigenvalue weighted by Gasteiger charge is 2.33. The monoisotopic (exact) mass is 380 g/mol. The molecule has 0 radical (unpaired) electrons. The Hall–Kier alpha value is -1.83. The third kappa shape index (κ3) is 6.09. The van der Waals surface area contributed by atoms with E-state index in [9.17, 15) is 9.59 Å². The Kier molecular flexibility index (Phi) is 8.34. The topological polar surface area (TPSA) is 71.5 Å². The van der Waals surface area contributed by atoms with Gasteiger partial charge in [0.2, 0.25) is 11.8 Å². The van der Waals surface area contributed by atoms with Gasteiger partial charge in [-0.3, -0.25) is 14.5 Å². The molecular formula is C19H36N6O2. The van der Waals surface area contributed by atoms with Gasteiger partial charge in [-0.25, -0.2) is 4.99 Å². The first-order valence-corrected chi connectivity index (χ1v) is 10.2. The lowest BCUT2D eigenvalue weighted by Gasteiger charge is -2.38. The van der Waals surface area contributed by atoms with Gasteiger partial charge in [0.25, 0.3) is 0 Å². The van der Waals surface area contributed by atoms with E-state index in [0.29, 0.717) is 13.1 Å². The number of piperazine rings is 1. The Morgan fingerprint density at radius 1 is 1.11 bits per heavy atom. The summed E-state index contributed by atoms with van der Waals surface area (Å²) in [6.45, 7) is 7.06. The SMILES string of the molecule is CCCCNC(=NCC(=O)N(C)C)N1CCN(C(=O)C2CCCN2C)CC1. The number of carbonyl (C=O) groups is 2. The molecule has 2 amide bonds. The number of amides is 2. The second-order valence-electron chi connectivity index (χ2n) is 7.66. The number of aliphatic imine (C=N–C) groups is 1. The summed E-state index contributed by atoms with van der Waals surface area (Å²) in [7, 11) is 5.52. The average Bonchev–Trinajstić information content (AvgIpc) is 3.09. The second-order valence-corrected chi connectivity index (χ2v) is 7.66. The summed E-state index contributed by atoms with van der Waals surface area (Å²) in [4.78, 5) is 37.1. The zero-order valence-electron chi connectivity index (χ0n) is 17.4. The smallest absolute Gasteiger partial charge is 0.243 e. The summed E-state index contributed by atoms with van der Waals surface area (Å²) in [5.74, 6) is 1.03. The van der Waals surface area contributed by atoms with E-state index in [1.807, 2.05) is 11.9 Å². The Balaban J connectivity index is 1.92. The second kappa shape index (κ2) is 10.5. The number of hydrogen-bond donors (Lipinski definition) is 1. The van der Waals surface area contributed by atoms with Gasteiger partial charge in [0.15, 0.2) is 5.96 Å². The number of likely N-dealkylation sites (tertiary alicyclic amines) is 1. The van der Waals surface area contributed by atoms with Crippen LogP contribution in [-0.4, -0.2) is 110 Å². The van der Waals surface area contributed by atoms with E-state index >= 15 is 0 Å². The number of unbranched alkanes of at least 4 members (excludes halogenated alkanes) is 1. The van der Waals surface area contributed by atoms with Gasteiger partial charge < -0.3 is 20.0 Å². The normalized spacial score (nSPS) is 21.5. The van der Waals surface area contributed by atoms with Gasteiger partial charge in [-0.2, -0.15) is 0 Å². The first-order chi connectivity index (χ1) is 12.9. The molecule has 0 saturated carbocycles. The van der Waals surface area contributed by atoms with Crippen molar-refractivity contribution < 1.29 is 9.59 Å². The fourth-order valence-corrected chi connectivity index (χ4v) is 3.50. The molecule has 2 fully saturated rings. The van der Waals surface area contributed by atoms with Crippen LogP contribution in [0.15, 0.2) is 4.99 Å². The summed E-state index contributed by atoms with van der Waals surface area (Å²) in [5, 5.41) is 3.38. The van der Waals surface area contributed by atoms with Crippen molar-refractivity contribution in [2.75, 3.05) is 67.0 Å². The quantitative estimate of drug-likeness (QED) is 0.401. The molecule has 2 aliphatic rings. The van der Waals surface area contributed by atoms with Crippen molar-refractivity contribution in [3.63, 3.8) is 0 Å². The Bertz CT molecular complexity index is 528. The molecule has 27 heavy (non-hydrogen) atoms. The van der Waals surface area contributed by atoms with Crippen molar-refractivity contribution in [2.24, 2.45) is 4.99 Å². The van der Waals surface area contributed by atoms with Crippen molar-refractivity contribution >= 4 is 17.8 Å². The fourth-order valence-electron chi connectivity index (χ4n) is 3.50. The van der Waals surface area contributed by atoms with Gasteiger partial charge >= 0.3 is 0 Å². The van der Waals surface area contributed by atoms with Crippen molar-refractivity contribution in [3.8, 4) is 0 Å². The standard InChI is InChI=1S/C19H36N6O2/c1-5-6-9-20-19(21-15-17(26)22(2)3)25-13-11-24(12-14-25)18(27)16-8-7-10-23(16)4/h16H,5-15H2,1-4H3,(H,20,21). The van der Waals surface area contributed by atoms with Crippen LogP contribution in [-0.2, 0) is 9.59 Å². The van der Waals surface area contributed by atoms with E-state index in [2.05, 4.69) is 27.0 Å². The molecule has 0 aromatic carbocycles. The number of nitrogens with one attached hydrogen (secondary N) is 1. The van der Waals surface area contributed by atoms with Crippen molar-refractivity contribution in [3.05, 3.63) is 0 Å². The number of carbonyl (C=O) groups excluding carboxylic acids is 2. The highest BCUT2D eigenvalue weighted by atomic mass is 16.2. The van der Waals surface area contributed by atoms with Crippen molar-refractivity contribution in [1.29, 1.82) is 0 Å². The van der Waals surface area contributed by atoms with Crippen LogP contribution in [0.1, 0.15) is 32.6 Å². The minimum atomic E-state index is -0.0112. The predicted molar refractivity (Wildman–Crippen MR) is 108 cm³/mol. The number of guanidine groups is 1. The van der Waals surface area contributed by atoms with E-state index in [1.165, 1.54) is 0 Å². The molecule has 1 unspecified atom stereocenters. The number of hydrogen-bond acceptors (Lipinski definition) is 4. The van der Waals surface area contributed by atoms with Crippen LogP contribution in [0.25, 0.3) is 0 Å². The number of rotatable bonds is 6. The molecule has 2 saturated heterocycles. The summed E-state index contributed by atoms with van der Waals surface area (Å²) in [6, 6.07) is 0.0464. The van der Waals surface area contributed by atoms with Crippen LogP contribution in [0.5, 0.6) is 0 Å². The lowest BCUT2D eigenvalue weighted by molar-refractivity contribution is -0.136. The van der Waals surface area contributed by atoms with Gasteiger partial charge in [-0.05, 0) is 32.9 Å². The summed E-state index contributed by atoms with van der Waals surface area (Å²) < 4.78 is 0. The minimum absolute atomic E-state index is 0.0112. The molecule has 1 atom stereocenters. The molecule has 0 bridgehead atoms. The molecule has 2 aliphatic heterocycles. The Morgan fingerprint density at radius 2 is 1.78 bits per heavy atom. The summed E-state index contributed by atoms with van der Waals surface area (Å²) >= 11 is 0. The zero-order chi connectivity index (χ0) is 19.8. The van der Waals surface area contributed by atoms with E-state index < -0.39 is 0 Å². The molecule has 1 N–H and O–H groups in total. The summed E-state index contributed by atoms with van der Waals surface area (Å²) in [6.07, 6.45) is 4.24. The number of nitrogens with zero attached hydrogens (tertiary/aromatic N) is 5. The van der Waals surface area contributed by atoms with Gasteiger partial charge in [-0.1, -0.05) is 13.3 Å². The summed E-state index contributed by atoms with van der Waals surface area (Å²) in [5.41, 5.74) is 0. The molecule has 2 heterocycles.